The van der Waals surface area contributed by atoms with Gasteiger partial charge in [0.2, 0.25) is 0 Å². The molecule has 0 radical (unpaired) electrons. The molecule has 0 bridgehead atoms. The molecule has 0 aromatic heterocycles. The molecular formula is C16H26N2O2. The topological polar surface area (TPSA) is 64.3 Å². The van der Waals surface area contributed by atoms with Gasteiger partial charge in [-0.2, -0.15) is 0 Å². The minimum Gasteiger partial charge on any atom is -0.465 e. The number of nitrogens with two attached hydrogens (primary N) is 1. The Hall–Kier alpha value is -1.71. The zero-order chi connectivity index (χ0) is 15.3. The van der Waals surface area contributed by atoms with E-state index in [9.17, 15) is 4.79 Å². The van der Waals surface area contributed by atoms with Crippen molar-refractivity contribution in [2.75, 3.05) is 24.7 Å². The number of rotatable bonds is 6. The molecule has 0 fully saturated rings. The monoisotopic (exact) mass is 278 g/mol. The van der Waals surface area contributed by atoms with Crippen LogP contribution < -0.4 is 11.1 Å². The van der Waals surface area contributed by atoms with Gasteiger partial charge in [-0.15, -0.1) is 0 Å². The number of esters is 1. The SMILES string of the molecule is COC(=O)c1cccc(NCC(C(C)C)C(C)C)c1N. The van der Waals surface area contributed by atoms with Crippen molar-refractivity contribution >= 4 is 17.3 Å². The second-order valence-electron chi connectivity index (χ2n) is 5.79. The van der Waals surface area contributed by atoms with Crippen molar-refractivity contribution in [3.8, 4) is 0 Å². The van der Waals surface area contributed by atoms with Crippen LogP contribution in [0, 0.1) is 17.8 Å². The van der Waals surface area contributed by atoms with E-state index >= 15 is 0 Å². The molecule has 112 valence electrons. The summed E-state index contributed by atoms with van der Waals surface area (Å²) in [6.07, 6.45) is 0. The average Bonchev–Trinajstić information content (AvgIpc) is 2.39. The van der Waals surface area contributed by atoms with Gasteiger partial charge in [0.25, 0.3) is 0 Å². The van der Waals surface area contributed by atoms with Gasteiger partial charge < -0.3 is 15.8 Å². The molecule has 4 heteroatoms. The number of ether oxygens (including phenoxy) is 1. The molecule has 1 rings (SSSR count). The standard InChI is InChI=1S/C16H26N2O2/c1-10(2)13(11(3)4)9-18-14-8-6-7-12(15(14)17)16(19)20-5/h6-8,10-11,13,18H,9,17H2,1-5H3. The van der Waals surface area contributed by atoms with Gasteiger partial charge >= 0.3 is 5.97 Å². The third-order valence-corrected chi connectivity index (χ3v) is 3.75. The number of hydrogen-bond acceptors (Lipinski definition) is 4. The molecule has 4 nitrogen and oxygen atoms in total. The molecule has 0 spiro atoms. The lowest BCUT2D eigenvalue weighted by Crippen LogP contribution is -2.25. The summed E-state index contributed by atoms with van der Waals surface area (Å²) in [7, 11) is 1.36. The maximum absolute atomic E-state index is 11.6. The summed E-state index contributed by atoms with van der Waals surface area (Å²) in [5.41, 5.74) is 7.68. The highest BCUT2D eigenvalue weighted by molar-refractivity contribution is 5.98. The molecule has 1 aromatic rings. The molecule has 3 N–H and O–H groups in total. The molecule has 0 aliphatic heterocycles. The number of nitrogens with one attached hydrogen (secondary N) is 1. The second kappa shape index (κ2) is 7.17. The Morgan fingerprint density at radius 1 is 1.25 bits per heavy atom. The lowest BCUT2D eigenvalue weighted by Gasteiger charge is -2.26. The summed E-state index contributed by atoms with van der Waals surface area (Å²) in [6, 6.07) is 5.37. The van der Waals surface area contributed by atoms with Crippen molar-refractivity contribution in [2.45, 2.75) is 27.7 Å². The van der Waals surface area contributed by atoms with Crippen LogP contribution in [0.4, 0.5) is 11.4 Å². The third-order valence-electron chi connectivity index (χ3n) is 3.75. The summed E-state index contributed by atoms with van der Waals surface area (Å²) in [5, 5.41) is 3.36. The smallest absolute Gasteiger partial charge is 0.340 e. The predicted octanol–water partition coefficient (Wildman–Crippen LogP) is 3.40. The normalized spacial score (nSPS) is 11.2. The van der Waals surface area contributed by atoms with E-state index in [0.29, 0.717) is 29.0 Å². The van der Waals surface area contributed by atoms with Crippen LogP contribution in [-0.2, 0) is 4.74 Å². The largest absolute Gasteiger partial charge is 0.465 e. The van der Waals surface area contributed by atoms with Gasteiger partial charge in [0, 0.05) is 6.54 Å². The van der Waals surface area contributed by atoms with Gasteiger partial charge in [-0.25, -0.2) is 4.79 Å². The summed E-state index contributed by atoms with van der Waals surface area (Å²) in [6.45, 7) is 9.73. The van der Waals surface area contributed by atoms with Crippen LogP contribution in [-0.4, -0.2) is 19.6 Å². The maximum Gasteiger partial charge on any atom is 0.340 e. The van der Waals surface area contributed by atoms with Crippen molar-refractivity contribution in [1.82, 2.24) is 0 Å². The van der Waals surface area contributed by atoms with Gasteiger partial charge in [0.05, 0.1) is 24.0 Å². The van der Waals surface area contributed by atoms with Crippen LogP contribution in [0.2, 0.25) is 0 Å². The van der Waals surface area contributed by atoms with Crippen LogP contribution >= 0.6 is 0 Å². The quantitative estimate of drug-likeness (QED) is 0.618. The zero-order valence-electron chi connectivity index (χ0n) is 13.1. The number of carbonyl (C=O) groups excluding carboxylic acids is 1. The molecule has 20 heavy (non-hydrogen) atoms. The summed E-state index contributed by atoms with van der Waals surface area (Å²) >= 11 is 0. The molecule has 0 heterocycles. The lowest BCUT2D eigenvalue weighted by molar-refractivity contribution is 0.0602. The van der Waals surface area contributed by atoms with Crippen LogP contribution in [0.5, 0.6) is 0 Å². The predicted molar refractivity (Wildman–Crippen MR) is 83.8 cm³/mol. The number of benzene rings is 1. The van der Waals surface area contributed by atoms with Crippen molar-refractivity contribution in [1.29, 1.82) is 0 Å². The number of hydrogen-bond donors (Lipinski definition) is 2. The van der Waals surface area contributed by atoms with E-state index in [4.69, 9.17) is 10.5 Å². The summed E-state index contributed by atoms with van der Waals surface area (Å²) in [4.78, 5) is 11.6. The zero-order valence-corrected chi connectivity index (χ0v) is 13.1. The van der Waals surface area contributed by atoms with Crippen LogP contribution in [0.15, 0.2) is 18.2 Å². The first-order chi connectivity index (χ1) is 9.38. The van der Waals surface area contributed by atoms with E-state index in [1.54, 1.807) is 6.07 Å². The lowest BCUT2D eigenvalue weighted by atomic mass is 9.85. The molecule has 0 saturated carbocycles. The van der Waals surface area contributed by atoms with E-state index in [1.807, 2.05) is 12.1 Å². The van der Waals surface area contributed by atoms with Crippen LogP contribution in [0.25, 0.3) is 0 Å². The fraction of sp³-hybridized carbons (Fsp3) is 0.562. The molecule has 0 saturated heterocycles. The van der Waals surface area contributed by atoms with E-state index in [-0.39, 0.29) is 0 Å². The second-order valence-corrected chi connectivity index (χ2v) is 5.79. The van der Waals surface area contributed by atoms with Crippen LogP contribution in [0.1, 0.15) is 38.1 Å². The highest BCUT2D eigenvalue weighted by Crippen LogP contribution is 2.26. The van der Waals surface area contributed by atoms with Crippen LogP contribution in [0.3, 0.4) is 0 Å². The summed E-state index contributed by atoms with van der Waals surface area (Å²) < 4.78 is 4.73. The Labute approximate surface area is 121 Å². The van der Waals surface area contributed by atoms with E-state index < -0.39 is 5.97 Å². The number of para-hydroxylation sites is 1. The number of anilines is 2. The average molecular weight is 278 g/mol. The first kappa shape index (κ1) is 16.3. The van der Waals surface area contributed by atoms with Gasteiger partial charge in [-0.3, -0.25) is 0 Å². The first-order valence-electron chi connectivity index (χ1n) is 7.09. The molecule has 0 amide bonds. The van der Waals surface area contributed by atoms with Crippen molar-refractivity contribution in [3.63, 3.8) is 0 Å². The number of carbonyl (C=O) groups is 1. The van der Waals surface area contributed by atoms with Gasteiger partial charge in [-0.1, -0.05) is 33.8 Å². The minimum atomic E-state index is -0.407. The Bertz CT molecular complexity index is 448. The summed E-state index contributed by atoms with van der Waals surface area (Å²) in [5.74, 6) is 1.33. The van der Waals surface area contributed by atoms with E-state index in [0.717, 1.165) is 12.2 Å². The highest BCUT2D eigenvalue weighted by atomic mass is 16.5. The Morgan fingerprint density at radius 3 is 2.35 bits per heavy atom. The van der Waals surface area contributed by atoms with Crippen molar-refractivity contribution in [2.24, 2.45) is 17.8 Å². The van der Waals surface area contributed by atoms with E-state index in [2.05, 4.69) is 33.0 Å². The Balaban J connectivity index is 2.86. The van der Waals surface area contributed by atoms with Gasteiger partial charge in [0.1, 0.15) is 0 Å². The van der Waals surface area contributed by atoms with Gasteiger partial charge in [0.15, 0.2) is 0 Å². The highest BCUT2D eigenvalue weighted by Gasteiger charge is 2.18. The minimum absolute atomic E-state index is 0.406. The first-order valence-corrected chi connectivity index (χ1v) is 7.09. The van der Waals surface area contributed by atoms with Crippen molar-refractivity contribution in [3.05, 3.63) is 23.8 Å². The molecule has 0 aliphatic rings. The molecule has 1 aromatic carbocycles. The third kappa shape index (κ3) is 3.89. The molecule has 0 unspecified atom stereocenters. The van der Waals surface area contributed by atoms with Crippen molar-refractivity contribution < 1.29 is 9.53 Å². The maximum atomic E-state index is 11.6. The van der Waals surface area contributed by atoms with E-state index in [1.165, 1.54) is 7.11 Å². The number of methoxy groups -OCH3 is 1. The number of nitrogen functional groups attached to an aromatic ring is 1. The van der Waals surface area contributed by atoms with Gasteiger partial charge in [-0.05, 0) is 29.9 Å². The molecule has 0 atom stereocenters. The molecular weight excluding hydrogens is 252 g/mol. The Morgan fingerprint density at radius 2 is 1.85 bits per heavy atom. The fourth-order valence-electron chi connectivity index (χ4n) is 2.48. The molecule has 0 aliphatic carbocycles. The Kier molecular flexibility index (Phi) is 5.86. The fourth-order valence-corrected chi connectivity index (χ4v) is 2.48.